The first-order valence-corrected chi connectivity index (χ1v) is 6.85. The number of methoxy groups -OCH3 is 1. The molecule has 2 rings (SSSR count). The summed E-state index contributed by atoms with van der Waals surface area (Å²) in [6, 6.07) is 16.3. The number of para-hydroxylation sites is 1. The van der Waals surface area contributed by atoms with Crippen LogP contribution in [-0.4, -0.2) is 21.2 Å². The molecule has 0 spiro atoms. The van der Waals surface area contributed by atoms with Crippen molar-refractivity contribution in [2.24, 2.45) is 0 Å². The highest BCUT2D eigenvalue weighted by atomic mass is 32.2. The zero-order valence-corrected chi connectivity index (χ0v) is 12.2. The van der Waals surface area contributed by atoms with Gasteiger partial charge in [0.25, 0.3) is 0 Å². The standard InChI is InChI=1S/C15H18N2OS/c1-17(2)13-10-8-12(9-11-13)16-19-15-7-5-4-6-14(15)18-3/h4-11,16H,1-3H3. The molecule has 0 saturated carbocycles. The SMILES string of the molecule is COc1ccccc1SNc1ccc(N(C)C)cc1. The van der Waals surface area contributed by atoms with Crippen LogP contribution >= 0.6 is 11.9 Å². The number of benzene rings is 2. The molecule has 1 N–H and O–H groups in total. The second kappa shape index (κ2) is 6.38. The third-order valence-corrected chi connectivity index (χ3v) is 3.63. The van der Waals surface area contributed by atoms with E-state index in [0.717, 1.165) is 16.3 Å². The molecule has 0 aliphatic heterocycles. The molecule has 0 aliphatic rings. The number of hydrogen-bond donors (Lipinski definition) is 1. The molecule has 0 bridgehead atoms. The molecule has 0 radical (unpaired) electrons. The minimum Gasteiger partial charge on any atom is -0.496 e. The highest BCUT2D eigenvalue weighted by molar-refractivity contribution is 8.00. The van der Waals surface area contributed by atoms with E-state index >= 15 is 0 Å². The van der Waals surface area contributed by atoms with Gasteiger partial charge in [-0.05, 0) is 48.3 Å². The average Bonchev–Trinajstić information content (AvgIpc) is 2.45. The molecular formula is C15H18N2OS. The van der Waals surface area contributed by atoms with E-state index in [2.05, 4.69) is 33.9 Å². The first kappa shape index (κ1) is 13.6. The number of nitrogens with one attached hydrogen (secondary N) is 1. The monoisotopic (exact) mass is 274 g/mol. The first-order chi connectivity index (χ1) is 9.20. The maximum Gasteiger partial charge on any atom is 0.134 e. The maximum absolute atomic E-state index is 5.32. The van der Waals surface area contributed by atoms with E-state index in [1.807, 2.05) is 38.4 Å². The average molecular weight is 274 g/mol. The van der Waals surface area contributed by atoms with Crippen LogP contribution in [-0.2, 0) is 0 Å². The van der Waals surface area contributed by atoms with Gasteiger partial charge in [0.2, 0.25) is 0 Å². The summed E-state index contributed by atoms with van der Waals surface area (Å²) in [7, 11) is 5.75. The second-order valence-electron chi connectivity index (χ2n) is 4.30. The van der Waals surface area contributed by atoms with E-state index < -0.39 is 0 Å². The summed E-state index contributed by atoms with van der Waals surface area (Å²) >= 11 is 1.55. The number of ether oxygens (including phenoxy) is 1. The Hall–Kier alpha value is -1.81. The van der Waals surface area contributed by atoms with Crippen molar-refractivity contribution in [2.45, 2.75) is 4.90 Å². The molecular weight excluding hydrogens is 256 g/mol. The summed E-state index contributed by atoms with van der Waals surface area (Å²) in [6.45, 7) is 0. The summed E-state index contributed by atoms with van der Waals surface area (Å²) in [6.07, 6.45) is 0. The van der Waals surface area contributed by atoms with Crippen LogP contribution in [0.4, 0.5) is 11.4 Å². The van der Waals surface area contributed by atoms with Crippen molar-refractivity contribution in [1.82, 2.24) is 0 Å². The maximum atomic E-state index is 5.32. The lowest BCUT2D eigenvalue weighted by Crippen LogP contribution is -2.07. The lowest BCUT2D eigenvalue weighted by atomic mass is 10.3. The molecule has 3 nitrogen and oxygen atoms in total. The Kier molecular flexibility index (Phi) is 4.58. The van der Waals surface area contributed by atoms with Gasteiger partial charge in [0, 0.05) is 25.5 Å². The van der Waals surface area contributed by atoms with Crippen molar-refractivity contribution < 1.29 is 4.74 Å². The van der Waals surface area contributed by atoms with Crippen molar-refractivity contribution in [3.05, 3.63) is 48.5 Å². The van der Waals surface area contributed by atoms with E-state index in [-0.39, 0.29) is 0 Å². The molecule has 0 heterocycles. The fraction of sp³-hybridized carbons (Fsp3) is 0.200. The minimum absolute atomic E-state index is 0.880. The van der Waals surface area contributed by atoms with Crippen LogP contribution in [0, 0.1) is 0 Å². The van der Waals surface area contributed by atoms with Crippen LogP contribution in [0.15, 0.2) is 53.4 Å². The van der Waals surface area contributed by atoms with Crippen LogP contribution < -0.4 is 14.4 Å². The Morgan fingerprint density at radius 3 is 2.32 bits per heavy atom. The van der Waals surface area contributed by atoms with Crippen LogP contribution in [0.1, 0.15) is 0 Å². The molecule has 0 fully saturated rings. The van der Waals surface area contributed by atoms with E-state index in [9.17, 15) is 0 Å². The molecule has 2 aromatic carbocycles. The predicted octanol–water partition coefficient (Wildman–Crippen LogP) is 3.88. The summed E-state index contributed by atoms with van der Waals surface area (Å²) in [5.74, 6) is 0.880. The van der Waals surface area contributed by atoms with Gasteiger partial charge in [-0.3, -0.25) is 0 Å². The van der Waals surface area contributed by atoms with Gasteiger partial charge in [0.05, 0.1) is 12.0 Å². The smallest absolute Gasteiger partial charge is 0.134 e. The second-order valence-corrected chi connectivity index (χ2v) is 5.14. The van der Waals surface area contributed by atoms with Crippen molar-refractivity contribution in [2.75, 3.05) is 30.8 Å². The Morgan fingerprint density at radius 2 is 1.68 bits per heavy atom. The highest BCUT2D eigenvalue weighted by Gasteiger charge is 2.02. The fourth-order valence-electron chi connectivity index (χ4n) is 1.64. The number of hydrogen-bond acceptors (Lipinski definition) is 4. The Balaban J connectivity index is 2.02. The summed E-state index contributed by atoms with van der Waals surface area (Å²) in [4.78, 5) is 3.15. The van der Waals surface area contributed by atoms with Gasteiger partial charge in [0.15, 0.2) is 0 Å². The normalized spacial score (nSPS) is 10.1. The molecule has 0 unspecified atom stereocenters. The van der Waals surface area contributed by atoms with Gasteiger partial charge in [0.1, 0.15) is 5.75 Å². The number of anilines is 2. The van der Waals surface area contributed by atoms with Crippen molar-refractivity contribution in [1.29, 1.82) is 0 Å². The summed E-state index contributed by atoms with van der Waals surface area (Å²) in [5.41, 5.74) is 2.26. The van der Waals surface area contributed by atoms with E-state index in [1.165, 1.54) is 5.69 Å². The van der Waals surface area contributed by atoms with Gasteiger partial charge < -0.3 is 14.4 Å². The fourth-order valence-corrected chi connectivity index (χ4v) is 2.41. The Labute approximate surface area is 118 Å². The van der Waals surface area contributed by atoms with Crippen molar-refractivity contribution >= 4 is 23.3 Å². The lowest BCUT2D eigenvalue weighted by Gasteiger charge is -2.13. The molecule has 0 atom stereocenters. The Morgan fingerprint density at radius 1 is 1.00 bits per heavy atom. The number of nitrogens with zero attached hydrogens (tertiary/aromatic N) is 1. The van der Waals surface area contributed by atoms with Gasteiger partial charge in [-0.2, -0.15) is 0 Å². The Bertz CT molecular complexity index is 526. The summed E-state index contributed by atoms with van der Waals surface area (Å²) in [5, 5.41) is 0. The zero-order chi connectivity index (χ0) is 13.7. The quantitative estimate of drug-likeness (QED) is 0.836. The predicted molar refractivity (Wildman–Crippen MR) is 83.2 cm³/mol. The van der Waals surface area contributed by atoms with Crippen molar-refractivity contribution in [3.8, 4) is 5.75 Å². The molecule has 0 amide bonds. The summed E-state index contributed by atoms with van der Waals surface area (Å²) < 4.78 is 8.64. The van der Waals surface area contributed by atoms with Gasteiger partial charge in [-0.15, -0.1) is 0 Å². The number of rotatable bonds is 5. The zero-order valence-electron chi connectivity index (χ0n) is 11.4. The molecule has 100 valence electrons. The topological polar surface area (TPSA) is 24.5 Å². The van der Waals surface area contributed by atoms with Gasteiger partial charge in [-0.25, -0.2) is 0 Å². The third-order valence-electron chi connectivity index (χ3n) is 2.73. The van der Waals surface area contributed by atoms with E-state index in [0.29, 0.717) is 0 Å². The van der Waals surface area contributed by atoms with Crippen LogP contribution in [0.5, 0.6) is 5.75 Å². The van der Waals surface area contributed by atoms with Gasteiger partial charge >= 0.3 is 0 Å². The first-order valence-electron chi connectivity index (χ1n) is 6.04. The van der Waals surface area contributed by atoms with Crippen LogP contribution in [0.2, 0.25) is 0 Å². The molecule has 19 heavy (non-hydrogen) atoms. The largest absolute Gasteiger partial charge is 0.496 e. The van der Waals surface area contributed by atoms with Crippen molar-refractivity contribution in [3.63, 3.8) is 0 Å². The molecule has 0 saturated heterocycles. The highest BCUT2D eigenvalue weighted by Crippen LogP contribution is 2.29. The van der Waals surface area contributed by atoms with Gasteiger partial charge in [-0.1, -0.05) is 12.1 Å². The molecule has 2 aromatic rings. The van der Waals surface area contributed by atoms with Crippen LogP contribution in [0.25, 0.3) is 0 Å². The molecule has 4 heteroatoms. The van der Waals surface area contributed by atoms with Crippen LogP contribution in [0.3, 0.4) is 0 Å². The van der Waals surface area contributed by atoms with E-state index in [4.69, 9.17) is 4.74 Å². The lowest BCUT2D eigenvalue weighted by molar-refractivity contribution is 0.405. The third kappa shape index (κ3) is 3.58. The van der Waals surface area contributed by atoms with E-state index in [1.54, 1.807) is 19.1 Å². The minimum atomic E-state index is 0.880. The molecule has 0 aromatic heterocycles. The molecule has 0 aliphatic carbocycles.